The Morgan fingerprint density at radius 1 is 1.09 bits per heavy atom. The number of ether oxygens (including phenoxy) is 2. The molecule has 0 radical (unpaired) electrons. The van der Waals surface area contributed by atoms with Gasteiger partial charge in [-0.3, -0.25) is 9.46 Å². The quantitative estimate of drug-likeness (QED) is 0.103. The zero-order valence-corrected chi connectivity index (χ0v) is 18.9. The number of phosphoric ester groups is 1. The smallest absolute Gasteiger partial charge is 0.398 e. The number of aromatic nitrogens is 2. The molecule has 1 fully saturated rings. The van der Waals surface area contributed by atoms with E-state index < -0.39 is 65.3 Å². The topological polar surface area (TPSA) is 306 Å². The predicted octanol–water partition coefficient (Wildman–Crippen LogP) is -2.87. The van der Waals surface area contributed by atoms with E-state index >= 15 is 0 Å². The van der Waals surface area contributed by atoms with Crippen molar-refractivity contribution in [3.63, 3.8) is 0 Å². The van der Waals surface area contributed by atoms with E-state index in [1.54, 1.807) is 0 Å². The maximum atomic E-state index is 12.2. The summed E-state index contributed by atoms with van der Waals surface area (Å²) in [4.78, 5) is 51.4. The number of nitrogens with two attached hydrogens (primary N) is 2. The van der Waals surface area contributed by atoms with Crippen LogP contribution in [0.25, 0.3) is 0 Å². The Bertz CT molecular complexity index is 1040. The number of phosphoric acid groups is 3. The first kappa shape index (κ1) is 28.0. The first-order valence-corrected chi connectivity index (χ1v) is 13.1. The van der Waals surface area contributed by atoms with Gasteiger partial charge in [-0.1, -0.05) is 0 Å². The monoisotopic (exact) mass is 542 g/mol. The molecule has 1 aromatic heterocycles. The fourth-order valence-electron chi connectivity index (χ4n) is 2.52. The second-order valence-electron chi connectivity index (χ2n) is 6.27. The van der Waals surface area contributed by atoms with Crippen LogP contribution >= 0.6 is 23.5 Å². The minimum absolute atomic E-state index is 0.112. The molecule has 10 N–H and O–H groups in total. The zero-order valence-electron chi connectivity index (χ0n) is 16.3. The molecular weight excluding hydrogens is 521 g/mol. The molecule has 1 aliphatic heterocycles. The Morgan fingerprint density at radius 3 is 2.30 bits per heavy atom. The third-order valence-electron chi connectivity index (χ3n) is 3.73. The molecular formula is C11H21N4O15P3. The Morgan fingerprint density at radius 2 is 1.73 bits per heavy atom. The molecule has 19 nitrogen and oxygen atoms in total. The van der Waals surface area contributed by atoms with Gasteiger partial charge in [-0.15, -0.1) is 0 Å². The van der Waals surface area contributed by atoms with Crippen molar-refractivity contribution in [2.24, 2.45) is 5.73 Å². The standard InChI is InChI=1S/C11H21N4O15P3/c12-1-2-26-4-6-7(16)8(17)10(27-6)15-3-5(9(13)14-11(15)18)28-32(22,23)30-33(24,25)29-31(19,20)21/h3,6-8,10,16-17H,1-2,4,12H2,(H,22,23)(H,24,25)(H2,13,14,18)(H2,19,20,21)/t6-,7-,8-,10-/m1/s1. The molecule has 0 spiro atoms. The Hall–Kier alpha value is -1.27. The van der Waals surface area contributed by atoms with Crippen LogP contribution in [0.3, 0.4) is 0 Å². The highest BCUT2D eigenvalue weighted by molar-refractivity contribution is 7.66. The van der Waals surface area contributed by atoms with Crippen molar-refractivity contribution < 1.29 is 66.1 Å². The lowest BCUT2D eigenvalue weighted by atomic mass is 10.1. The van der Waals surface area contributed by atoms with Crippen LogP contribution in [0.1, 0.15) is 6.23 Å². The van der Waals surface area contributed by atoms with Gasteiger partial charge in [-0.2, -0.15) is 13.6 Å². The van der Waals surface area contributed by atoms with Crippen LogP contribution in [0.4, 0.5) is 5.82 Å². The van der Waals surface area contributed by atoms with Crippen LogP contribution in [-0.2, 0) is 31.8 Å². The van der Waals surface area contributed by atoms with Crippen LogP contribution < -0.4 is 21.7 Å². The second kappa shape index (κ2) is 10.6. The summed E-state index contributed by atoms with van der Waals surface area (Å²) in [6.07, 6.45) is -5.34. The summed E-state index contributed by atoms with van der Waals surface area (Å²) in [5.74, 6) is -1.74. The van der Waals surface area contributed by atoms with E-state index in [0.717, 1.165) is 0 Å². The van der Waals surface area contributed by atoms with Gasteiger partial charge in [-0.25, -0.2) is 18.5 Å². The van der Waals surface area contributed by atoms with Gasteiger partial charge in [0.1, 0.15) is 18.3 Å². The number of hydrogen-bond acceptors (Lipinski definition) is 14. The number of aliphatic hydroxyl groups is 2. The van der Waals surface area contributed by atoms with Gasteiger partial charge in [-0.05, 0) is 0 Å². The Labute approximate surface area is 183 Å². The van der Waals surface area contributed by atoms with E-state index in [9.17, 15) is 38.5 Å². The van der Waals surface area contributed by atoms with Gasteiger partial charge in [0.15, 0.2) is 17.8 Å². The molecule has 1 aliphatic rings. The first-order chi connectivity index (χ1) is 15.1. The molecule has 1 aromatic rings. The molecule has 2 heterocycles. The van der Waals surface area contributed by atoms with Crippen LogP contribution in [0, 0.1) is 0 Å². The minimum Gasteiger partial charge on any atom is -0.398 e. The van der Waals surface area contributed by atoms with E-state index in [2.05, 4.69) is 18.1 Å². The summed E-state index contributed by atoms with van der Waals surface area (Å²) in [6.45, 7) is 0.0680. The van der Waals surface area contributed by atoms with Crippen LogP contribution in [0.2, 0.25) is 0 Å². The molecule has 2 rings (SSSR count). The molecule has 0 aromatic carbocycles. The molecule has 2 unspecified atom stereocenters. The average molecular weight is 542 g/mol. The number of rotatable bonds is 11. The third-order valence-corrected chi connectivity index (χ3v) is 7.49. The SMILES string of the molecule is NCCOC[C@H]1O[C@@H](n2cc(OP(=O)(O)OP(=O)(O)OP(=O)(O)O)c(N)nc2=O)[C@H](O)[C@@H]1O. The van der Waals surface area contributed by atoms with Crippen molar-refractivity contribution in [3.8, 4) is 5.75 Å². The fraction of sp³-hybridized carbons (Fsp3) is 0.636. The molecule has 22 heteroatoms. The number of anilines is 1. The largest absolute Gasteiger partial charge is 0.536 e. The van der Waals surface area contributed by atoms with Crippen molar-refractivity contribution in [1.82, 2.24) is 9.55 Å². The Kier molecular flexibility index (Phi) is 8.95. The van der Waals surface area contributed by atoms with E-state index in [4.69, 9.17) is 30.7 Å². The summed E-state index contributed by atoms with van der Waals surface area (Å²) in [7, 11) is -17.1. The van der Waals surface area contributed by atoms with E-state index in [0.29, 0.717) is 10.8 Å². The molecule has 33 heavy (non-hydrogen) atoms. The highest BCUT2D eigenvalue weighted by Crippen LogP contribution is 2.66. The average Bonchev–Trinajstić information content (AvgIpc) is 2.89. The number of hydrogen-bond donors (Lipinski definition) is 8. The number of nitrogens with zero attached hydrogens (tertiary/aromatic N) is 2. The van der Waals surface area contributed by atoms with Gasteiger partial charge in [0.25, 0.3) is 0 Å². The molecule has 6 atom stereocenters. The van der Waals surface area contributed by atoms with Crippen LogP contribution in [0.5, 0.6) is 5.75 Å². The summed E-state index contributed by atoms with van der Waals surface area (Å²) < 4.78 is 56.7. The molecule has 190 valence electrons. The number of aliphatic hydroxyl groups excluding tert-OH is 2. The first-order valence-electron chi connectivity index (χ1n) is 8.57. The van der Waals surface area contributed by atoms with Crippen molar-refractivity contribution in [2.75, 3.05) is 25.5 Å². The van der Waals surface area contributed by atoms with E-state index in [-0.39, 0.29) is 19.8 Å². The molecule has 1 saturated heterocycles. The van der Waals surface area contributed by atoms with Crippen molar-refractivity contribution in [3.05, 3.63) is 16.7 Å². The fourth-order valence-corrected chi connectivity index (χ4v) is 5.54. The molecule has 0 amide bonds. The minimum atomic E-state index is -5.82. The van der Waals surface area contributed by atoms with Crippen LogP contribution in [0.15, 0.2) is 11.0 Å². The maximum absolute atomic E-state index is 12.2. The lowest BCUT2D eigenvalue weighted by molar-refractivity contribution is -0.0675. The summed E-state index contributed by atoms with van der Waals surface area (Å²) in [6, 6.07) is 0. The molecule has 0 bridgehead atoms. The van der Waals surface area contributed by atoms with Gasteiger partial charge in [0, 0.05) is 6.54 Å². The lowest BCUT2D eigenvalue weighted by Crippen LogP contribution is -2.36. The van der Waals surface area contributed by atoms with Gasteiger partial charge < -0.3 is 50.4 Å². The zero-order chi connectivity index (χ0) is 25.2. The molecule has 0 saturated carbocycles. The summed E-state index contributed by atoms with van der Waals surface area (Å²) in [5, 5.41) is 20.3. The van der Waals surface area contributed by atoms with Crippen molar-refractivity contribution >= 4 is 29.3 Å². The normalized spacial score (nSPS) is 27.1. The predicted molar refractivity (Wildman–Crippen MR) is 103 cm³/mol. The summed E-state index contributed by atoms with van der Waals surface area (Å²) in [5.41, 5.74) is 9.53. The van der Waals surface area contributed by atoms with Gasteiger partial charge in [0.2, 0.25) is 0 Å². The second-order valence-corrected chi connectivity index (χ2v) is 10.6. The van der Waals surface area contributed by atoms with Gasteiger partial charge in [0.05, 0.1) is 19.4 Å². The van der Waals surface area contributed by atoms with Crippen molar-refractivity contribution in [1.29, 1.82) is 0 Å². The highest BCUT2D eigenvalue weighted by atomic mass is 31.3. The van der Waals surface area contributed by atoms with E-state index in [1.165, 1.54) is 0 Å². The van der Waals surface area contributed by atoms with Crippen molar-refractivity contribution in [2.45, 2.75) is 24.5 Å². The van der Waals surface area contributed by atoms with E-state index in [1.807, 2.05) is 0 Å². The molecule has 0 aliphatic carbocycles. The Balaban J connectivity index is 2.26. The van der Waals surface area contributed by atoms with Gasteiger partial charge >= 0.3 is 29.2 Å². The highest BCUT2D eigenvalue weighted by Gasteiger charge is 2.45. The summed E-state index contributed by atoms with van der Waals surface area (Å²) >= 11 is 0. The maximum Gasteiger partial charge on any atom is 0.536 e. The van der Waals surface area contributed by atoms with Crippen LogP contribution in [-0.4, -0.2) is 77.4 Å². The number of nitrogen functional groups attached to an aromatic ring is 1. The lowest BCUT2D eigenvalue weighted by Gasteiger charge is -2.20. The third kappa shape index (κ3) is 7.88.